The van der Waals surface area contributed by atoms with Crippen LogP contribution in [0.15, 0.2) is 41.5 Å². The Morgan fingerprint density at radius 3 is 2.86 bits per heavy atom. The molecule has 0 spiro atoms. The summed E-state index contributed by atoms with van der Waals surface area (Å²) in [5.41, 5.74) is 2.25. The van der Waals surface area contributed by atoms with Gasteiger partial charge in [-0.3, -0.25) is 9.36 Å². The number of hydrogen-bond donors (Lipinski definition) is 2. The third-order valence-corrected chi connectivity index (χ3v) is 6.69. The third kappa shape index (κ3) is 3.90. The zero-order chi connectivity index (χ0) is 19.7. The minimum Gasteiger partial charge on any atom is -0.396 e. The molecule has 1 aliphatic rings. The number of aryl methyl sites for hydroxylation is 1. The predicted molar refractivity (Wildman–Crippen MR) is 114 cm³/mol. The van der Waals surface area contributed by atoms with Crippen LogP contribution in [-0.4, -0.2) is 33.9 Å². The molecule has 0 aliphatic heterocycles. The van der Waals surface area contributed by atoms with Gasteiger partial charge in [-0.1, -0.05) is 44.2 Å². The van der Waals surface area contributed by atoms with Crippen molar-refractivity contribution in [1.29, 1.82) is 0 Å². The molecule has 0 saturated heterocycles. The Hall–Kier alpha value is -2.02. The molecule has 2 heterocycles. The summed E-state index contributed by atoms with van der Waals surface area (Å²) in [6, 6.07) is 10.4. The normalized spacial score (nSPS) is 17.0. The first kappa shape index (κ1) is 19.3. The largest absolute Gasteiger partial charge is 0.396 e. The molecule has 0 radical (unpaired) electrons. The molecule has 1 atom stereocenters. The lowest BCUT2D eigenvalue weighted by atomic mass is 9.90. The van der Waals surface area contributed by atoms with Gasteiger partial charge >= 0.3 is 0 Å². The first-order valence-corrected chi connectivity index (χ1v) is 10.7. The van der Waals surface area contributed by atoms with E-state index >= 15 is 0 Å². The molecule has 3 aromatic rings. The summed E-state index contributed by atoms with van der Waals surface area (Å²) >= 11 is 1.66. The minimum atomic E-state index is -0.118. The van der Waals surface area contributed by atoms with Gasteiger partial charge in [0.2, 0.25) is 0 Å². The topological polar surface area (TPSA) is 67.2 Å². The van der Waals surface area contributed by atoms with E-state index in [1.165, 1.54) is 10.4 Å². The van der Waals surface area contributed by atoms with E-state index in [4.69, 9.17) is 0 Å². The van der Waals surface area contributed by atoms with E-state index in [0.717, 1.165) is 41.6 Å². The molecule has 2 aromatic heterocycles. The standard InChI is InChI=1S/C22H27N3O2S/c1-22(2,13-26)12-23-16-8-9-17-18(10-16)28-20-19(17)21(27)25(14-24-20)11-15-6-4-3-5-7-15/h3-7,14,16,23,26H,8-13H2,1-2H3. The number of hydrogen-bond acceptors (Lipinski definition) is 5. The Kier molecular flexibility index (Phi) is 5.36. The van der Waals surface area contributed by atoms with Crippen LogP contribution in [0.5, 0.6) is 0 Å². The van der Waals surface area contributed by atoms with Gasteiger partial charge in [0.05, 0.1) is 18.3 Å². The molecular weight excluding hydrogens is 370 g/mol. The molecule has 148 valence electrons. The number of nitrogens with zero attached hydrogens (tertiary/aromatic N) is 2. The maximum atomic E-state index is 13.1. The molecule has 2 N–H and O–H groups in total. The fourth-order valence-electron chi connectivity index (χ4n) is 3.74. The minimum absolute atomic E-state index is 0.0687. The molecular formula is C22H27N3O2S. The summed E-state index contributed by atoms with van der Waals surface area (Å²) in [5, 5.41) is 13.9. The van der Waals surface area contributed by atoms with Crippen molar-refractivity contribution in [3.63, 3.8) is 0 Å². The van der Waals surface area contributed by atoms with Crippen molar-refractivity contribution in [3.8, 4) is 0 Å². The van der Waals surface area contributed by atoms with Crippen LogP contribution in [0, 0.1) is 5.41 Å². The second-order valence-corrected chi connectivity index (χ2v) is 9.57. The highest BCUT2D eigenvalue weighted by Crippen LogP contribution is 2.33. The molecule has 1 unspecified atom stereocenters. The number of aromatic nitrogens is 2. The monoisotopic (exact) mass is 397 g/mol. The maximum Gasteiger partial charge on any atom is 0.262 e. The molecule has 1 aliphatic carbocycles. The van der Waals surface area contributed by atoms with Crippen LogP contribution in [0.4, 0.5) is 0 Å². The number of benzene rings is 1. The Morgan fingerprint density at radius 2 is 2.11 bits per heavy atom. The van der Waals surface area contributed by atoms with E-state index < -0.39 is 0 Å². The van der Waals surface area contributed by atoms with Gasteiger partial charge in [0.25, 0.3) is 5.56 Å². The Labute approximate surface area is 169 Å². The van der Waals surface area contributed by atoms with E-state index in [1.54, 1.807) is 22.2 Å². The van der Waals surface area contributed by atoms with Crippen LogP contribution in [0.2, 0.25) is 0 Å². The number of aliphatic hydroxyl groups excluding tert-OH is 1. The van der Waals surface area contributed by atoms with Crippen LogP contribution in [0.1, 0.15) is 36.3 Å². The van der Waals surface area contributed by atoms with Gasteiger partial charge in [-0.2, -0.15) is 0 Å². The first-order chi connectivity index (χ1) is 13.5. The summed E-state index contributed by atoms with van der Waals surface area (Å²) < 4.78 is 1.72. The maximum absolute atomic E-state index is 13.1. The van der Waals surface area contributed by atoms with Crippen LogP contribution >= 0.6 is 11.3 Å². The van der Waals surface area contributed by atoms with Crippen molar-refractivity contribution in [2.24, 2.45) is 5.41 Å². The molecule has 1 aromatic carbocycles. The third-order valence-electron chi connectivity index (χ3n) is 5.53. The van der Waals surface area contributed by atoms with Crippen LogP contribution in [-0.2, 0) is 19.4 Å². The lowest BCUT2D eigenvalue weighted by Gasteiger charge is -2.28. The highest BCUT2D eigenvalue weighted by atomic mass is 32.1. The summed E-state index contributed by atoms with van der Waals surface area (Å²) in [6.45, 7) is 5.63. The van der Waals surface area contributed by atoms with Crippen molar-refractivity contribution in [2.45, 2.75) is 45.7 Å². The summed E-state index contributed by atoms with van der Waals surface area (Å²) in [4.78, 5) is 19.9. The molecule has 0 amide bonds. The van der Waals surface area contributed by atoms with Gasteiger partial charge in [0.1, 0.15) is 4.83 Å². The van der Waals surface area contributed by atoms with E-state index in [2.05, 4.69) is 24.1 Å². The molecule has 0 bridgehead atoms. The summed E-state index contributed by atoms with van der Waals surface area (Å²) in [6.07, 6.45) is 4.52. The Morgan fingerprint density at radius 1 is 1.32 bits per heavy atom. The van der Waals surface area contributed by atoms with Crippen LogP contribution < -0.4 is 10.9 Å². The molecule has 4 rings (SSSR count). The number of fused-ring (bicyclic) bond motifs is 3. The first-order valence-electron chi connectivity index (χ1n) is 9.85. The Balaban J connectivity index is 1.58. The number of rotatable bonds is 6. The van der Waals surface area contributed by atoms with Crippen molar-refractivity contribution in [3.05, 3.63) is 63.0 Å². The quantitative estimate of drug-likeness (QED) is 0.671. The van der Waals surface area contributed by atoms with Crippen LogP contribution in [0.25, 0.3) is 10.2 Å². The molecule has 0 fully saturated rings. The van der Waals surface area contributed by atoms with Crippen molar-refractivity contribution in [2.75, 3.05) is 13.2 Å². The number of thiophene rings is 1. The second kappa shape index (κ2) is 7.78. The summed E-state index contributed by atoms with van der Waals surface area (Å²) in [7, 11) is 0. The summed E-state index contributed by atoms with van der Waals surface area (Å²) in [5.74, 6) is 0. The number of aliphatic hydroxyl groups is 1. The molecule has 0 saturated carbocycles. The highest BCUT2D eigenvalue weighted by Gasteiger charge is 2.26. The van der Waals surface area contributed by atoms with Gasteiger partial charge < -0.3 is 10.4 Å². The molecule has 28 heavy (non-hydrogen) atoms. The molecule has 5 nitrogen and oxygen atoms in total. The second-order valence-electron chi connectivity index (χ2n) is 8.49. The van der Waals surface area contributed by atoms with Gasteiger partial charge in [0.15, 0.2) is 0 Å². The zero-order valence-electron chi connectivity index (χ0n) is 16.4. The van der Waals surface area contributed by atoms with Crippen molar-refractivity contribution < 1.29 is 5.11 Å². The van der Waals surface area contributed by atoms with E-state index in [0.29, 0.717) is 12.6 Å². The fourth-order valence-corrected chi connectivity index (χ4v) is 5.00. The lowest BCUT2D eigenvalue weighted by molar-refractivity contribution is 0.152. The van der Waals surface area contributed by atoms with Gasteiger partial charge in [-0.25, -0.2) is 4.98 Å². The smallest absolute Gasteiger partial charge is 0.262 e. The van der Waals surface area contributed by atoms with Crippen molar-refractivity contribution >= 4 is 21.6 Å². The average molecular weight is 398 g/mol. The van der Waals surface area contributed by atoms with Gasteiger partial charge in [-0.15, -0.1) is 11.3 Å². The SMILES string of the molecule is CC(C)(CO)CNC1CCc2c(sc3ncn(Cc4ccccc4)c(=O)c23)C1. The highest BCUT2D eigenvalue weighted by molar-refractivity contribution is 7.18. The lowest BCUT2D eigenvalue weighted by Crippen LogP contribution is -2.41. The van der Waals surface area contributed by atoms with Crippen molar-refractivity contribution in [1.82, 2.24) is 14.9 Å². The average Bonchev–Trinajstić information content (AvgIpc) is 3.08. The van der Waals surface area contributed by atoms with Gasteiger partial charge in [-0.05, 0) is 30.4 Å². The van der Waals surface area contributed by atoms with Crippen LogP contribution in [0.3, 0.4) is 0 Å². The zero-order valence-corrected chi connectivity index (χ0v) is 17.3. The molecule has 6 heteroatoms. The predicted octanol–water partition coefficient (Wildman–Crippen LogP) is 2.97. The fraction of sp³-hybridized carbons (Fsp3) is 0.455. The van der Waals surface area contributed by atoms with E-state index in [1.807, 2.05) is 30.3 Å². The number of nitrogens with one attached hydrogen (secondary N) is 1. The van der Waals surface area contributed by atoms with E-state index in [-0.39, 0.29) is 17.6 Å². The van der Waals surface area contributed by atoms with Gasteiger partial charge in [0, 0.05) is 29.5 Å². The van der Waals surface area contributed by atoms with E-state index in [9.17, 15) is 9.90 Å². The Bertz CT molecular complexity index is 1020.